The van der Waals surface area contributed by atoms with E-state index < -0.39 is 5.92 Å². The number of hydrogen-bond donors (Lipinski definition) is 3. The molecule has 1 amide bonds. The molecule has 6 heteroatoms. The molecule has 1 aromatic rings. The molecule has 0 aliphatic rings. The highest BCUT2D eigenvalue weighted by Gasteiger charge is 2.18. The van der Waals surface area contributed by atoms with Gasteiger partial charge in [-0.2, -0.15) is 0 Å². The molecular weight excluding hydrogens is 208 g/mol. The summed E-state index contributed by atoms with van der Waals surface area (Å²) in [7, 11) is 0. The van der Waals surface area contributed by atoms with E-state index in [4.69, 9.17) is 10.9 Å². The summed E-state index contributed by atoms with van der Waals surface area (Å²) < 4.78 is 0. The third kappa shape index (κ3) is 2.69. The molecule has 0 spiro atoms. The van der Waals surface area contributed by atoms with Gasteiger partial charge in [-0.15, -0.1) is 0 Å². The normalized spacial score (nSPS) is 13.2. The monoisotopic (exact) mass is 222 g/mol. The van der Waals surface area contributed by atoms with E-state index in [1.54, 1.807) is 32.2 Å². The number of oxime groups is 1. The number of carbonyl (C=O) groups is 1. The number of pyridine rings is 1. The van der Waals surface area contributed by atoms with Crippen LogP contribution in [-0.2, 0) is 4.79 Å². The SMILES string of the molecule is Cc1ncccc1NC(=O)C(C)C(N)=NO. The Bertz CT molecular complexity index is 417. The van der Waals surface area contributed by atoms with Gasteiger partial charge in [0.15, 0.2) is 5.84 Å². The number of hydrogen-bond acceptors (Lipinski definition) is 4. The fourth-order valence-electron chi connectivity index (χ4n) is 1.08. The smallest absolute Gasteiger partial charge is 0.234 e. The van der Waals surface area contributed by atoms with E-state index >= 15 is 0 Å². The van der Waals surface area contributed by atoms with Gasteiger partial charge in [-0.1, -0.05) is 5.16 Å². The first-order valence-corrected chi connectivity index (χ1v) is 4.76. The van der Waals surface area contributed by atoms with E-state index in [-0.39, 0.29) is 11.7 Å². The molecule has 0 bridgehead atoms. The molecule has 1 rings (SSSR count). The number of rotatable bonds is 3. The zero-order valence-corrected chi connectivity index (χ0v) is 9.14. The Labute approximate surface area is 93.2 Å². The molecule has 1 aromatic heterocycles. The molecule has 1 heterocycles. The molecule has 0 aromatic carbocycles. The van der Waals surface area contributed by atoms with E-state index in [1.165, 1.54) is 0 Å². The molecule has 0 saturated carbocycles. The molecule has 0 aliphatic heterocycles. The summed E-state index contributed by atoms with van der Waals surface area (Å²) in [5, 5.41) is 13.9. The maximum atomic E-state index is 11.7. The molecule has 16 heavy (non-hydrogen) atoms. The minimum absolute atomic E-state index is 0.126. The first kappa shape index (κ1) is 12.0. The number of anilines is 1. The second-order valence-electron chi connectivity index (χ2n) is 3.37. The Morgan fingerprint density at radius 1 is 1.69 bits per heavy atom. The second-order valence-corrected chi connectivity index (χ2v) is 3.37. The van der Waals surface area contributed by atoms with Crippen LogP contribution in [0.4, 0.5) is 5.69 Å². The van der Waals surface area contributed by atoms with Crippen LogP contribution in [-0.4, -0.2) is 21.9 Å². The van der Waals surface area contributed by atoms with E-state index in [1.807, 2.05) is 0 Å². The predicted octanol–water partition coefficient (Wildman–Crippen LogP) is 0.711. The minimum atomic E-state index is -0.690. The van der Waals surface area contributed by atoms with Gasteiger partial charge in [0.05, 0.1) is 17.3 Å². The third-order valence-electron chi connectivity index (χ3n) is 2.22. The van der Waals surface area contributed by atoms with Gasteiger partial charge in [0.1, 0.15) is 0 Å². The lowest BCUT2D eigenvalue weighted by molar-refractivity contribution is -0.117. The number of nitrogens with one attached hydrogen (secondary N) is 1. The fourth-order valence-corrected chi connectivity index (χ4v) is 1.08. The van der Waals surface area contributed by atoms with Gasteiger partial charge < -0.3 is 16.3 Å². The van der Waals surface area contributed by atoms with Gasteiger partial charge in [-0.05, 0) is 26.0 Å². The van der Waals surface area contributed by atoms with E-state index in [9.17, 15) is 4.79 Å². The van der Waals surface area contributed by atoms with Crippen molar-refractivity contribution in [1.82, 2.24) is 4.98 Å². The van der Waals surface area contributed by atoms with E-state index in [0.29, 0.717) is 11.4 Å². The predicted molar refractivity (Wildman–Crippen MR) is 60.2 cm³/mol. The molecule has 0 aliphatic carbocycles. The maximum absolute atomic E-state index is 11.7. The maximum Gasteiger partial charge on any atom is 0.234 e. The van der Waals surface area contributed by atoms with Gasteiger partial charge in [-0.3, -0.25) is 9.78 Å². The lowest BCUT2D eigenvalue weighted by atomic mass is 10.1. The number of nitrogens with zero attached hydrogens (tertiary/aromatic N) is 2. The first-order valence-electron chi connectivity index (χ1n) is 4.76. The summed E-state index contributed by atoms with van der Waals surface area (Å²) in [5.74, 6) is -1.16. The third-order valence-corrected chi connectivity index (χ3v) is 2.22. The summed E-state index contributed by atoms with van der Waals surface area (Å²) in [6, 6.07) is 3.45. The van der Waals surface area contributed by atoms with Gasteiger partial charge in [0.25, 0.3) is 0 Å². The van der Waals surface area contributed by atoms with Crippen LogP contribution in [0.15, 0.2) is 23.5 Å². The lowest BCUT2D eigenvalue weighted by Crippen LogP contribution is -2.32. The zero-order chi connectivity index (χ0) is 12.1. The topological polar surface area (TPSA) is 101 Å². The number of aromatic nitrogens is 1. The Morgan fingerprint density at radius 2 is 2.38 bits per heavy atom. The van der Waals surface area contributed by atoms with Crippen molar-refractivity contribution in [3.8, 4) is 0 Å². The number of amides is 1. The number of aryl methyl sites for hydroxylation is 1. The van der Waals surface area contributed by atoms with Crippen LogP contribution in [0.1, 0.15) is 12.6 Å². The van der Waals surface area contributed by atoms with E-state index in [0.717, 1.165) is 0 Å². The van der Waals surface area contributed by atoms with Gasteiger partial charge in [0.2, 0.25) is 5.91 Å². The molecule has 0 fully saturated rings. The Balaban J connectivity index is 2.76. The van der Waals surface area contributed by atoms with E-state index in [2.05, 4.69) is 15.5 Å². The fraction of sp³-hybridized carbons (Fsp3) is 0.300. The van der Waals surface area contributed by atoms with Crippen molar-refractivity contribution in [1.29, 1.82) is 0 Å². The molecule has 1 atom stereocenters. The van der Waals surface area contributed by atoms with Crippen LogP contribution in [0.25, 0.3) is 0 Å². The Hall–Kier alpha value is -2.11. The summed E-state index contributed by atoms with van der Waals surface area (Å²) in [5.41, 5.74) is 6.66. The van der Waals surface area contributed by atoms with Crippen LogP contribution < -0.4 is 11.1 Å². The number of carbonyl (C=O) groups excluding carboxylic acids is 1. The molecule has 0 saturated heterocycles. The van der Waals surface area contributed by atoms with Crippen molar-refractivity contribution in [2.45, 2.75) is 13.8 Å². The molecule has 4 N–H and O–H groups in total. The van der Waals surface area contributed by atoms with Gasteiger partial charge in [-0.25, -0.2) is 0 Å². The standard InChI is InChI=1S/C10H14N4O2/c1-6(9(11)14-16)10(15)13-8-4-3-5-12-7(8)2/h3-6,16H,1-2H3,(H2,11,14)(H,13,15). The highest BCUT2D eigenvalue weighted by Crippen LogP contribution is 2.11. The first-order chi connectivity index (χ1) is 7.56. The van der Waals surface area contributed by atoms with Crippen LogP contribution in [0.2, 0.25) is 0 Å². The average molecular weight is 222 g/mol. The highest BCUT2D eigenvalue weighted by molar-refractivity contribution is 6.07. The van der Waals surface area contributed by atoms with Crippen molar-refractivity contribution in [2.75, 3.05) is 5.32 Å². The minimum Gasteiger partial charge on any atom is -0.409 e. The van der Waals surface area contributed by atoms with Crippen LogP contribution in [0, 0.1) is 12.8 Å². The molecular formula is C10H14N4O2. The lowest BCUT2D eigenvalue weighted by Gasteiger charge is -2.11. The van der Waals surface area contributed by atoms with Gasteiger partial charge in [0, 0.05) is 6.20 Å². The Morgan fingerprint density at radius 3 is 2.94 bits per heavy atom. The van der Waals surface area contributed by atoms with Crippen LogP contribution in [0.5, 0.6) is 0 Å². The number of nitrogens with two attached hydrogens (primary N) is 1. The largest absolute Gasteiger partial charge is 0.409 e. The Kier molecular flexibility index (Phi) is 3.82. The van der Waals surface area contributed by atoms with Crippen molar-refractivity contribution in [3.63, 3.8) is 0 Å². The molecule has 1 unspecified atom stereocenters. The second kappa shape index (κ2) is 5.11. The average Bonchev–Trinajstić information content (AvgIpc) is 2.30. The van der Waals surface area contributed by atoms with Crippen molar-refractivity contribution < 1.29 is 10.0 Å². The zero-order valence-electron chi connectivity index (χ0n) is 9.14. The summed E-state index contributed by atoms with van der Waals surface area (Å²) in [6.07, 6.45) is 1.64. The summed E-state index contributed by atoms with van der Waals surface area (Å²) >= 11 is 0. The van der Waals surface area contributed by atoms with Crippen LogP contribution >= 0.6 is 0 Å². The summed E-state index contributed by atoms with van der Waals surface area (Å²) in [6.45, 7) is 3.33. The molecule has 6 nitrogen and oxygen atoms in total. The molecule has 86 valence electrons. The van der Waals surface area contributed by atoms with Crippen LogP contribution in [0.3, 0.4) is 0 Å². The van der Waals surface area contributed by atoms with Crippen molar-refractivity contribution in [3.05, 3.63) is 24.0 Å². The highest BCUT2D eigenvalue weighted by atomic mass is 16.4. The number of amidine groups is 1. The summed E-state index contributed by atoms with van der Waals surface area (Å²) in [4.78, 5) is 15.7. The van der Waals surface area contributed by atoms with Gasteiger partial charge >= 0.3 is 0 Å². The van der Waals surface area contributed by atoms with Crippen molar-refractivity contribution in [2.24, 2.45) is 16.8 Å². The van der Waals surface area contributed by atoms with Crippen molar-refractivity contribution >= 4 is 17.4 Å². The molecule has 0 radical (unpaired) electrons. The quantitative estimate of drug-likeness (QED) is 0.303.